The number of hydrogen-bond acceptors (Lipinski definition) is 2. The van der Waals surface area contributed by atoms with Gasteiger partial charge in [-0.15, -0.1) is 0 Å². The lowest BCUT2D eigenvalue weighted by Crippen LogP contribution is -2.10. The first-order valence-electron chi connectivity index (χ1n) is 6.23. The summed E-state index contributed by atoms with van der Waals surface area (Å²) < 4.78 is 0. The molecule has 1 unspecified atom stereocenters. The summed E-state index contributed by atoms with van der Waals surface area (Å²) in [4.78, 5) is 4.19. The first-order chi connectivity index (χ1) is 9.10. The van der Waals surface area contributed by atoms with Crippen molar-refractivity contribution in [3.8, 4) is 0 Å². The normalized spacial score (nSPS) is 12.2. The van der Waals surface area contributed by atoms with Crippen LogP contribution in [0.25, 0.3) is 0 Å². The van der Waals surface area contributed by atoms with E-state index in [0.29, 0.717) is 10.0 Å². The van der Waals surface area contributed by atoms with E-state index in [1.807, 2.05) is 31.5 Å². The van der Waals surface area contributed by atoms with Gasteiger partial charge in [-0.2, -0.15) is 0 Å². The zero-order chi connectivity index (χ0) is 13.8. The van der Waals surface area contributed by atoms with E-state index in [0.717, 1.165) is 23.2 Å². The molecule has 0 fully saturated rings. The van der Waals surface area contributed by atoms with Crippen molar-refractivity contribution in [2.75, 3.05) is 5.32 Å². The highest BCUT2D eigenvalue weighted by molar-refractivity contribution is 6.35. The number of pyridine rings is 1. The highest BCUT2D eigenvalue weighted by Crippen LogP contribution is 2.30. The van der Waals surface area contributed by atoms with E-state index in [1.54, 1.807) is 6.07 Å². The molecule has 1 aromatic carbocycles. The van der Waals surface area contributed by atoms with Crippen molar-refractivity contribution in [1.82, 2.24) is 4.98 Å². The predicted molar refractivity (Wildman–Crippen MR) is 82.1 cm³/mol. The molecule has 2 nitrogen and oxygen atoms in total. The van der Waals surface area contributed by atoms with Crippen LogP contribution in [0.1, 0.15) is 30.5 Å². The third-order valence-electron chi connectivity index (χ3n) is 2.96. The molecule has 2 aromatic rings. The maximum atomic E-state index is 6.26. The fraction of sp³-hybridized carbons (Fsp3) is 0.267. The van der Waals surface area contributed by atoms with Crippen LogP contribution in [0.5, 0.6) is 0 Å². The maximum Gasteiger partial charge on any atom is 0.0534 e. The van der Waals surface area contributed by atoms with Gasteiger partial charge in [-0.1, -0.05) is 36.2 Å². The Balaban J connectivity index is 2.25. The Bertz CT molecular complexity index is 570. The minimum absolute atomic E-state index is 0.147. The Morgan fingerprint density at radius 2 is 2.00 bits per heavy atom. The van der Waals surface area contributed by atoms with Crippen molar-refractivity contribution in [2.45, 2.75) is 26.3 Å². The zero-order valence-electron chi connectivity index (χ0n) is 11.0. The summed E-state index contributed by atoms with van der Waals surface area (Å²) in [6.45, 7) is 4.14. The van der Waals surface area contributed by atoms with Crippen LogP contribution in [0.2, 0.25) is 10.0 Å². The Labute approximate surface area is 123 Å². The highest BCUT2D eigenvalue weighted by atomic mass is 35.5. The average Bonchev–Trinajstić information content (AvgIpc) is 2.37. The van der Waals surface area contributed by atoms with Gasteiger partial charge in [-0.05, 0) is 42.7 Å². The second-order valence-electron chi connectivity index (χ2n) is 4.52. The largest absolute Gasteiger partial charge is 0.377 e. The van der Waals surface area contributed by atoms with E-state index in [4.69, 9.17) is 23.2 Å². The number of rotatable bonds is 4. The second kappa shape index (κ2) is 6.27. The molecule has 1 heterocycles. The van der Waals surface area contributed by atoms with Crippen LogP contribution in [0, 0.1) is 6.92 Å². The number of hydrogen-bond donors (Lipinski definition) is 1. The lowest BCUT2D eigenvalue weighted by Gasteiger charge is -2.20. The summed E-state index contributed by atoms with van der Waals surface area (Å²) in [7, 11) is 0. The van der Waals surface area contributed by atoms with Crippen LogP contribution in [0.3, 0.4) is 0 Å². The van der Waals surface area contributed by atoms with Crippen LogP contribution in [-0.4, -0.2) is 4.98 Å². The summed E-state index contributed by atoms with van der Waals surface area (Å²) in [6.07, 6.45) is 4.58. The molecule has 4 heteroatoms. The SMILES string of the molecule is CCC(Nc1cncc(C)c1)c1ccc(Cl)cc1Cl. The summed E-state index contributed by atoms with van der Waals surface area (Å²) in [6, 6.07) is 7.82. The van der Waals surface area contributed by atoms with Gasteiger partial charge in [0, 0.05) is 22.4 Å². The Hall–Kier alpha value is -1.25. The van der Waals surface area contributed by atoms with Crippen LogP contribution in [0.15, 0.2) is 36.7 Å². The number of aromatic nitrogens is 1. The van der Waals surface area contributed by atoms with Gasteiger partial charge < -0.3 is 5.32 Å². The van der Waals surface area contributed by atoms with Crippen molar-refractivity contribution < 1.29 is 0 Å². The molecular weight excluding hydrogens is 279 g/mol. The van der Waals surface area contributed by atoms with Gasteiger partial charge in [0.15, 0.2) is 0 Å². The molecule has 0 saturated heterocycles. The van der Waals surface area contributed by atoms with Crippen LogP contribution in [0.4, 0.5) is 5.69 Å². The lowest BCUT2D eigenvalue weighted by atomic mass is 10.0. The zero-order valence-corrected chi connectivity index (χ0v) is 12.5. The van der Waals surface area contributed by atoms with Crippen LogP contribution >= 0.6 is 23.2 Å². The number of benzene rings is 1. The number of aryl methyl sites for hydroxylation is 1. The van der Waals surface area contributed by atoms with E-state index >= 15 is 0 Å². The monoisotopic (exact) mass is 294 g/mol. The van der Waals surface area contributed by atoms with Gasteiger partial charge in [-0.3, -0.25) is 4.98 Å². The first-order valence-corrected chi connectivity index (χ1v) is 6.99. The third-order valence-corrected chi connectivity index (χ3v) is 3.52. The van der Waals surface area contributed by atoms with E-state index in [-0.39, 0.29) is 6.04 Å². The van der Waals surface area contributed by atoms with Gasteiger partial charge in [0.1, 0.15) is 0 Å². The minimum Gasteiger partial charge on any atom is -0.377 e. The molecule has 0 aliphatic heterocycles. The van der Waals surface area contributed by atoms with Gasteiger partial charge >= 0.3 is 0 Å². The molecule has 0 bridgehead atoms. The van der Waals surface area contributed by atoms with E-state index < -0.39 is 0 Å². The Morgan fingerprint density at radius 3 is 2.63 bits per heavy atom. The first kappa shape index (κ1) is 14.2. The second-order valence-corrected chi connectivity index (χ2v) is 5.37. The molecule has 0 spiro atoms. The van der Waals surface area contributed by atoms with Crippen molar-refractivity contribution in [3.05, 3.63) is 57.8 Å². The van der Waals surface area contributed by atoms with Gasteiger partial charge in [0.2, 0.25) is 0 Å². The standard InChI is InChI=1S/C15H16Cl2N2/c1-3-15(13-5-4-11(16)7-14(13)17)19-12-6-10(2)8-18-9-12/h4-9,15,19H,3H2,1-2H3. The molecule has 0 radical (unpaired) electrons. The van der Waals surface area contributed by atoms with Crippen molar-refractivity contribution in [1.29, 1.82) is 0 Å². The van der Waals surface area contributed by atoms with Crippen molar-refractivity contribution in [3.63, 3.8) is 0 Å². The summed E-state index contributed by atoms with van der Waals surface area (Å²) in [5, 5.41) is 4.80. The molecule has 2 rings (SSSR count). The molecule has 1 aromatic heterocycles. The summed E-state index contributed by atoms with van der Waals surface area (Å²) >= 11 is 12.2. The van der Waals surface area contributed by atoms with Gasteiger partial charge in [0.25, 0.3) is 0 Å². The van der Waals surface area contributed by atoms with E-state index in [9.17, 15) is 0 Å². The molecule has 1 atom stereocenters. The number of anilines is 1. The van der Waals surface area contributed by atoms with Gasteiger partial charge in [0.05, 0.1) is 11.7 Å². The Kier molecular flexibility index (Phi) is 4.67. The third kappa shape index (κ3) is 3.62. The predicted octanol–water partition coefficient (Wildman–Crippen LogP) is 5.26. The fourth-order valence-corrected chi connectivity index (χ4v) is 2.56. The quantitative estimate of drug-likeness (QED) is 0.832. The summed E-state index contributed by atoms with van der Waals surface area (Å²) in [5.41, 5.74) is 3.18. The molecule has 100 valence electrons. The van der Waals surface area contributed by atoms with Crippen LogP contribution < -0.4 is 5.32 Å². The molecule has 0 amide bonds. The van der Waals surface area contributed by atoms with Crippen LogP contribution in [-0.2, 0) is 0 Å². The van der Waals surface area contributed by atoms with Crippen molar-refractivity contribution >= 4 is 28.9 Å². The average molecular weight is 295 g/mol. The molecule has 0 aliphatic rings. The Morgan fingerprint density at radius 1 is 1.21 bits per heavy atom. The highest BCUT2D eigenvalue weighted by Gasteiger charge is 2.13. The molecule has 1 N–H and O–H groups in total. The number of nitrogens with one attached hydrogen (secondary N) is 1. The van der Waals surface area contributed by atoms with Crippen molar-refractivity contribution in [2.24, 2.45) is 0 Å². The molecule has 19 heavy (non-hydrogen) atoms. The smallest absolute Gasteiger partial charge is 0.0534 e. The van der Waals surface area contributed by atoms with E-state index in [1.165, 1.54) is 0 Å². The topological polar surface area (TPSA) is 24.9 Å². The fourth-order valence-electron chi connectivity index (χ4n) is 2.02. The maximum absolute atomic E-state index is 6.26. The van der Waals surface area contributed by atoms with Gasteiger partial charge in [-0.25, -0.2) is 0 Å². The minimum atomic E-state index is 0.147. The number of nitrogens with zero attached hydrogens (tertiary/aromatic N) is 1. The summed E-state index contributed by atoms with van der Waals surface area (Å²) in [5.74, 6) is 0. The lowest BCUT2D eigenvalue weighted by molar-refractivity contribution is 0.749. The number of halogens is 2. The van der Waals surface area contributed by atoms with E-state index in [2.05, 4.69) is 23.3 Å². The molecule has 0 saturated carbocycles. The molecular formula is C15H16Cl2N2. The molecule has 0 aliphatic carbocycles.